The molecule has 1 saturated heterocycles. The summed E-state index contributed by atoms with van der Waals surface area (Å²) in [5.41, 5.74) is 8.16. The molecule has 8 heteroatoms. The van der Waals surface area contributed by atoms with Crippen molar-refractivity contribution in [3.8, 4) is 5.75 Å². The van der Waals surface area contributed by atoms with Crippen LogP contribution in [0.15, 0.2) is 54.6 Å². The Morgan fingerprint density at radius 2 is 1.55 bits per heavy atom. The molecule has 2 heterocycles. The molecule has 4 rings (SSSR count). The summed E-state index contributed by atoms with van der Waals surface area (Å²) in [5, 5.41) is 3.20. The Balaban J connectivity index is 1.32. The zero-order valence-corrected chi connectivity index (χ0v) is 17.9. The lowest BCUT2D eigenvalue weighted by atomic mass is 10.2. The summed E-state index contributed by atoms with van der Waals surface area (Å²) in [7, 11) is 0. The Bertz CT molecular complexity index is 957. The molecule has 1 fully saturated rings. The summed E-state index contributed by atoms with van der Waals surface area (Å²) in [6.45, 7) is 8.23. The highest BCUT2D eigenvalue weighted by Gasteiger charge is 2.18. The van der Waals surface area contributed by atoms with Gasteiger partial charge in [-0.15, -0.1) is 0 Å². The van der Waals surface area contributed by atoms with E-state index in [9.17, 15) is 0 Å². The molecular weight excluding hydrogens is 390 g/mol. The smallest absolute Gasteiger partial charge is 0.232 e. The first-order chi connectivity index (χ1) is 15.2. The van der Waals surface area contributed by atoms with E-state index in [2.05, 4.69) is 60.4 Å². The Morgan fingerprint density at radius 3 is 2.23 bits per heavy atom. The fourth-order valence-corrected chi connectivity index (χ4v) is 3.64. The minimum absolute atomic E-state index is 0.223. The Hall–Kier alpha value is -3.23. The summed E-state index contributed by atoms with van der Waals surface area (Å²) in [6, 6.07) is 18.3. The second-order valence-electron chi connectivity index (χ2n) is 7.55. The predicted octanol–water partition coefficient (Wildman–Crippen LogP) is 2.91. The number of hydrogen-bond donors (Lipinski definition) is 2. The molecule has 2 aromatic carbocycles. The Morgan fingerprint density at radius 1 is 0.871 bits per heavy atom. The van der Waals surface area contributed by atoms with E-state index >= 15 is 0 Å². The molecule has 0 amide bonds. The lowest BCUT2D eigenvalue weighted by Crippen LogP contribution is -2.45. The third kappa shape index (κ3) is 6.13. The summed E-state index contributed by atoms with van der Waals surface area (Å²) < 4.78 is 5.48. The van der Waals surface area contributed by atoms with Crippen LogP contribution in [0.2, 0.25) is 0 Å². The number of ether oxygens (including phenoxy) is 1. The zero-order valence-electron chi connectivity index (χ0n) is 17.9. The van der Waals surface area contributed by atoms with Gasteiger partial charge in [0.1, 0.15) is 11.6 Å². The standard InChI is InChI=1S/C23H29N7O/c1-2-31-20-10-8-19(9-11-20)25-23-27-21(26-22(24)28-23)17-30-14-12-29(13-15-30)16-18-6-4-3-5-7-18/h3-11H,2,12-17H2,1H3,(H3,24,25,26,27,28). The first kappa shape index (κ1) is 21.0. The predicted molar refractivity (Wildman–Crippen MR) is 122 cm³/mol. The van der Waals surface area contributed by atoms with Crippen LogP contribution in [0.3, 0.4) is 0 Å². The van der Waals surface area contributed by atoms with Crippen LogP contribution >= 0.6 is 0 Å². The van der Waals surface area contributed by atoms with Crippen molar-refractivity contribution in [2.75, 3.05) is 43.8 Å². The number of rotatable bonds is 8. The van der Waals surface area contributed by atoms with Crippen LogP contribution < -0.4 is 15.8 Å². The van der Waals surface area contributed by atoms with E-state index in [0.717, 1.165) is 44.2 Å². The number of piperazine rings is 1. The topological polar surface area (TPSA) is 92.4 Å². The van der Waals surface area contributed by atoms with Gasteiger partial charge in [-0.05, 0) is 36.8 Å². The van der Waals surface area contributed by atoms with Gasteiger partial charge in [0.2, 0.25) is 11.9 Å². The molecule has 0 radical (unpaired) electrons. The molecule has 31 heavy (non-hydrogen) atoms. The SMILES string of the molecule is CCOc1ccc(Nc2nc(N)nc(CN3CCN(Cc4ccccc4)CC3)n2)cc1. The second-order valence-corrected chi connectivity index (χ2v) is 7.55. The number of anilines is 3. The Kier molecular flexibility index (Phi) is 6.91. The average Bonchev–Trinajstić information content (AvgIpc) is 2.77. The number of benzene rings is 2. The third-order valence-corrected chi connectivity index (χ3v) is 5.20. The third-order valence-electron chi connectivity index (χ3n) is 5.20. The largest absolute Gasteiger partial charge is 0.494 e. The molecule has 1 aliphatic rings. The molecule has 162 valence electrons. The van der Waals surface area contributed by atoms with Crippen LogP contribution in [-0.4, -0.2) is 57.5 Å². The van der Waals surface area contributed by atoms with Crippen molar-refractivity contribution in [3.63, 3.8) is 0 Å². The second kappa shape index (κ2) is 10.2. The summed E-state index contributed by atoms with van der Waals surface area (Å²) >= 11 is 0. The molecule has 0 unspecified atom stereocenters. The number of hydrogen-bond acceptors (Lipinski definition) is 8. The van der Waals surface area contributed by atoms with Gasteiger partial charge >= 0.3 is 0 Å². The highest BCUT2D eigenvalue weighted by Crippen LogP contribution is 2.19. The molecule has 1 aliphatic heterocycles. The molecule has 0 spiro atoms. The molecule has 3 aromatic rings. The van der Waals surface area contributed by atoms with Gasteiger partial charge in [0.15, 0.2) is 0 Å². The van der Waals surface area contributed by atoms with Gasteiger partial charge in [-0.1, -0.05) is 30.3 Å². The van der Waals surface area contributed by atoms with Gasteiger partial charge in [-0.3, -0.25) is 9.80 Å². The van der Waals surface area contributed by atoms with Gasteiger partial charge in [-0.2, -0.15) is 15.0 Å². The molecule has 1 aromatic heterocycles. The van der Waals surface area contributed by atoms with Gasteiger partial charge < -0.3 is 15.8 Å². The molecule has 8 nitrogen and oxygen atoms in total. The van der Waals surface area contributed by atoms with Crippen molar-refractivity contribution in [1.82, 2.24) is 24.8 Å². The van der Waals surface area contributed by atoms with E-state index in [-0.39, 0.29) is 5.95 Å². The van der Waals surface area contributed by atoms with E-state index in [1.807, 2.05) is 31.2 Å². The minimum Gasteiger partial charge on any atom is -0.494 e. The number of aromatic nitrogens is 3. The molecule has 0 aliphatic carbocycles. The fraction of sp³-hybridized carbons (Fsp3) is 0.348. The highest BCUT2D eigenvalue weighted by atomic mass is 16.5. The lowest BCUT2D eigenvalue weighted by molar-refractivity contribution is 0.120. The normalized spacial score (nSPS) is 15.0. The monoisotopic (exact) mass is 419 g/mol. The van der Waals surface area contributed by atoms with Crippen molar-refractivity contribution < 1.29 is 4.74 Å². The minimum atomic E-state index is 0.223. The van der Waals surface area contributed by atoms with Crippen LogP contribution in [0.1, 0.15) is 18.3 Å². The van der Waals surface area contributed by atoms with Crippen LogP contribution in [0.5, 0.6) is 5.75 Å². The summed E-state index contributed by atoms with van der Waals surface area (Å²) in [6.07, 6.45) is 0. The summed E-state index contributed by atoms with van der Waals surface area (Å²) in [5.74, 6) is 2.18. The zero-order chi connectivity index (χ0) is 21.5. The fourth-order valence-electron chi connectivity index (χ4n) is 3.64. The molecule has 0 atom stereocenters. The van der Waals surface area contributed by atoms with Gasteiger partial charge in [0, 0.05) is 38.4 Å². The van der Waals surface area contributed by atoms with E-state index in [0.29, 0.717) is 24.9 Å². The van der Waals surface area contributed by atoms with E-state index in [4.69, 9.17) is 10.5 Å². The summed E-state index contributed by atoms with van der Waals surface area (Å²) in [4.78, 5) is 18.0. The number of nitrogens with one attached hydrogen (secondary N) is 1. The van der Waals surface area contributed by atoms with E-state index in [1.54, 1.807) is 0 Å². The molecule has 3 N–H and O–H groups in total. The quantitative estimate of drug-likeness (QED) is 0.576. The van der Waals surface area contributed by atoms with Crippen LogP contribution in [-0.2, 0) is 13.1 Å². The van der Waals surface area contributed by atoms with E-state index < -0.39 is 0 Å². The first-order valence-corrected chi connectivity index (χ1v) is 10.7. The van der Waals surface area contributed by atoms with Crippen molar-refractivity contribution in [1.29, 1.82) is 0 Å². The van der Waals surface area contributed by atoms with Gasteiger partial charge in [0.05, 0.1) is 13.2 Å². The van der Waals surface area contributed by atoms with Gasteiger partial charge in [-0.25, -0.2) is 0 Å². The van der Waals surface area contributed by atoms with Crippen molar-refractivity contribution in [3.05, 3.63) is 66.0 Å². The Labute approximate surface area is 183 Å². The van der Waals surface area contributed by atoms with Crippen molar-refractivity contribution >= 4 is 17.6 Å². The van der Waals surface area contributed by atoms with Crippen molar-refractivity contribution in [2.24, 2.45) is 0 Å². The molecule has 0 bridgehead atoms. The first-order valence-electron chi connectivity index (χ1n) is 10.7. The number of nitrogens with two attached hydrogens (primary N) is 1. The van der Waals surface area contributed by atoms with E-state index in [1.165, 1.54) is 5.56 Å². The number of nitrogens with zero attached hydrogens (tertiary/aromatic N) is 5. The average molecular weight is 420 g/mol. The maximum absolute atomic E-state index is 5.94. The van der Waals surface area contributed by atoms with Crippen LogP contribution in [0.25, 0.3) is 0 Å². The maximum Gasteiger partial charge on any atom is 0.232 e. The highest BCUT2D eigenvalue weighted by molar-refractivity contribution is 5.55. The number of nitrogen functional groups attached to an aromatic ring is 1. The lowest BCUT2D eigenvalue weighted by Gasteiger charge is -2.34. The molecular formula is C23H29N7O. The van der Waals surface area contributed by atoms with Crippen molar-refractivity contribution in [2.45, 2.75) is 20.0 Å². The van der Waals surface area contributed by atoms with Crippen LogP contribution in [0, 0.1) is 0 Å². The van der Waals surface area contributed by atoms with Gasteiger partial charge in [0.25, 0.3) is 0 Å². The van der Waals surface area contributed by atoms with Crippen LogP contribution in [0.4, 0.5) is 17.6 Å². The maximum atomic E-state index is 5.94. The molecule has 0 saturated carbocycles.